The van der Waals surface area contributed by atoms with Gasteiger partial charge >= 0.3 is 0 Å². The van der Waals surface area contributed by atoms with Crippen LogP contribution in [0.2, 0.25) is 0 Å². The molecule has 4 heteroatoms. The van der Waals surface area contributed by atoms with Gasteiger partial charge in [0.1, 0.15) is 12.4 Å². The molecule has 0 radical (unpaired) electrons. The van der Waals surface area contributed by atoms with Crippen molar-refractivity contribution in [2.24, 2.45) is 16.6 Å². The van der Waals surface area contributed by atoms with Crippen molar-refractivity contribution in [3.05, 3.63) is 0 Å². The minimum atomic E-state index is -0.0223. The number of fused-ring (bicyclic) bond motifs is 1. The molecule has 2 aliphatic heterocycles. The third-order valence-corrected chi connectivity index (χ3v) is 2.44. The number of hydrogen-bond donors (Lipinski definition) is 1. The number of nitrogens with two attached hydrogens (primary N) is 1. The van der Waals surface area contributed by atoms with Crippen LogP contribution in [0.25, 0.3) is 0 Å². The summed E-state index contributed by atoms with van der Waals surface area (Å²) in [5, 5.41) is 0. The average molecular weight is 167 g/mol. The van der Waals surface area contributed by atoms with Crippen molar-refractivity contribution in [1.29, 1.82) is 0 Å². The van der Waals surface area contributed by atoms with Crippen molar-refractivity contribution in [2.45, 2.75) is 19.4 Å². The van der Waals surface area contributed by atoms with E-state index < -0.39 is 0 Å². The first-order chi connectivity index (χ1) is 5.66. The number of amides is 1. The number of piperidine rings is 1. The van der Waals surface area contributed by atoms with E-state index in [0.717, 1.165) is 18.8 Å². The fourth-order valence-electron chi connectivity index (χ4n) is 1.98. The number of rotatable bonds is 0. The second-order valence-electron chi connectivity index (χ2n) is 3.64. The Morgan fingerprint density at radius 2 is 2.42 bits per heavy atom. The third-order valence-electron chi connectivity index (χ3n) is 2.44. The topological polar surface area (TPSA) is 58.7 Å². The lowest BCUT2D eigenvalue weighted by molar-refractivity contribution is -0.117. The summed E-state index contributed by atoms with van der Waals surface area (Å²) in [5.41, 5.74) is 5.82. The lowest BCUT2D eigenvalue weighted by Gasteiger charge is -2.33. The maximum Gasteiger partial charge on any atom is 0.266 e. The van der Waals surface area contributed by atoms with Crippen molar-refractivity contribution in [3.63, 3.8) is 0 Å². The Labute approximate surface area is 71.4 Å². The van der Waals surface area contributed by atoms with Gasteiger partial charge in [0, 0.05) is 18.5 Å². The van der Waals surface area contributed by atoms with Gasteiger partial charge in [-0.25, -0.2) is 0 Å². The Kier molecular flexibility index (Phi) is 1.65. The van der Waals surface area contributed by atoms with Crippen LogP contribution in [0.5, 0.6) is 0 Å². The van der Waals surface area contributed by atoms with Crippen LogP contribution in [0.4, 0.5) is 0 Å². The zero-order chi connectivity index (χ0) is 8.72. The van der Waals surface area contributed by atoms with Crippen molar-refractivity contribution in [3.8, 4) is 0 Å². The highest BCUT2D eigenvalue weighted by Crippen LogP contribution is 2.21. The van der Waals surface area contributed by atoms with E-state index in [0.29, 0.717) is 12.5 Å². The monoisotopic (exact) mass is 167 g/mol. The minimum Gasteiger partial charge on any atom is -0.349 e. The highest BCUT2D eigenvalue weighted by Gasteiger charge is 2.33. The normalized spacial score (nSPS) is 35.0. The van der Waals surface area contributed by atoms with E-state index >= 15 is 0 Å². The molecule has 66 valence electrons. The zero-order valence-electron chi connectivity index (χ0n) is 7.16. The third kappa shape index (κ3) is 1.12. The molecule has 4 nitrogen and oxygen atoms in total. The van der Waals surface area contributed by atoms with E-state index in [4.69, 9.17) is 5.73 Å². The van der Waals surface area contributed by atoms with Gasteiger partial charge in [0.25, 0.3) is 5.91 Å². The van der Waals surface area contributed by atoms with E-state index in [1.165, 1.54) is 0 Å². The first kappa shape index (κ1) is 7.73. The van der Waals surface area contributed by atoms with Crippen LogP contribution in [0, 0.1) is 5.92 Å². The average Bonchev–Trinajstić information content (AvgIpc) is 2.29. The number of amidine groups is 1. The predicted molar refractivity (Wildman–Crippen MR) is 45.8 cm³/mol. The summed E-state index contributed by atoms with van der Waals surface area (Å²) in [5.74, 6) is 1.27. The van der Waals surface area contributed by atoms with Crippen molar-refractivity contribution >= 4 is 11.7 Å². The van der Waals surface area contributed by atoms with Crippen LogP contribution in [0.3, 0.4) is 0 Å². The lowest BCUT2D eigenvalue weighted by atomic mass is 9.96. The molecule has 2 aliphatic rings. The maximum atomic E-state index is 11.0. The van der Waals surface area contributed by atoms with Crippen LogP contribution in [0.1, 0.15) is 13.3 Å². The molecule has 0 aromatic rings. The van der Waals surface area contributed by atoms with Gasteiger partial charge in [0.05, 0.1) is 0 Å². The summed E-state index contributed by atoms with van der Waals surface area (Å²) < 4.78 is 0. The maximum absolute atomic E-state index is 11.0. The molecule has 0 spiro atoms. The largest absolute Gasteiger partial charge is 0.349 e. The standard InChI is InChI=1S/C8H13N3O/c1-5-2-6(9)3-11-4-7(12)10-8(5)11/h5-6H,2-4,9H2,1H3. The smallest absolute Gasteiger partial charge is 0.266 e. The van der Waals surface area contributed by atoms with Gasteiger partial charge in [0.2, 0.25) is 0 Å². The molecule has 0 aromatic carbocycles. The Bertz CT molecular complexity index is 249. The number of hydrogen-bond acceptors (Lipinski definition) is 3. The molecule has 2 atom stereocenters. The molecule has 2 unspecified atom stereocenters. The van der Waals surface area contributed by atoms with Crippen LogP contribution in [0.15, 0.2) is 4.99 Å². The van der Waals surface area contributed by atoms with Gasteiger partial charge in [-0.1, -0.05) is 6.92 Å². The fraction of sp³-hybridized carbons (Fsp3) is 0.750. The first-order valence-corrected chi connectivity index (χ1v) is 4.29. The second kappa shape index (κ2) is 2.55. The molecule has 0 saturated carbocycles. The van der Waals surface area contributed by atoms with E-state index in [1.54, 1.807) is 0 Å². The van der Waals surface area contributed by atoms with Gasteiger partial charge in [-0.05, 0) is 6.42 Å². The summed E-state index contributed by atoms with van der Waals surface area (Å²) in [4.78, 5) is 17.0. The van der Waals surface area contributed by atoms with Crippen LogP contribution in [-0.2, 0) is 4.79 Å². The van der Waals surface area contributed by atoms with Gasteiger partial charge in [-0.15, -0.1) is 0 Å². The summed E-state index contributed by atoms with van der Waals surface area (Å²) in [7, 11) is 0. The van der Waals surface area contributed by atoms with E-state index in [2.05, 4.69) is 11.9 Å². The van der Waals surface area contributed by atoms with Crippen molar-refractivity contribution < 1.29 is 4.79 Å². The molecule has 2 rings (SSSR count). The molecule has 0 bridgehead atoms. The molecular weight excluding hydrogens is 154 g/mol. The number of nitrogens with zero attached hydrogens (tertiary/aromatic N) is 2. The summed E-state index contributed by atoms with van der Waals surface area (Å²) in [6, 6.07) is 0.199. The van der Waals surface area contributed by atoms with E-state index in [9.17, 15) is 4.79 Å². The van der Waals surface area contributed by atoms with Crippen molar-refractivity contribution in [2.75, 3.05) is 13.1 Å². The van der Waals surface area contributed by atoms with Gasteiger partial charge < -0.3 is 10.6 Å². The van der Waals surface area contributed by atoms with Gasteiger partial charge in [-0.3, -0.25) is 4.79 Å². The molecule has 1 fully saturated rings. The van der Waals surface area contributed by atoms with Crippen LogP contribution in [-0.4, -0.2) is 35.8 Å². The summed E-state index contributed by atoms with van der Waals surface area (Å²) in [6.45, 7) is 3.30. The number of carbonyl (C=O) groups is 1. The van der Waals surface area contributed by atoms with Gasteiger partial charge in [-0.2, -0.15) is 4.99 Å². The predicted octanol–water partition coefficient (Wildman–Crippen LogP) is -0.406. The molecule has 1 amide bonds. The lowest BCUT2D eigenvalue weighted by Crippen LogP contribution is -2.48. The molecule has 2 heterocycles. The molecule has 12 heavy (non-hydrogen) atoms. The fourth-order valence-corrected chi connectivity index (χ4v) is 1.98. The highest BCUT2D eigenvalue weighted by molar-refractivity contribution is 6.03. The summed E-state index contributed by atoms with van der Waals surface area (Å²) >= 11 is 0. The molecular formula is C8H13N3O. The van der Waals surface area contributed by atoms with Crippen LogP contribution >= 0.6 is 0 Å². The SMILES string of the molecule is CC1CC(N)CN2CC(=O)N=C12. The zero-order valence-corrected chi connectivity index (χ0v) is 7.16. The first-order valence-electron chi connectivity index (χ1n) is 4.29. The van der Waals surface area contributed by atoms with Gasteiger partial charge in [0.15, 0.2) is 0 Å². The molecule has 0 aromatic heterocycles. The molecule has 2 N–H and O–H groups in total. The summed E-state index contributed by atoms with van der Waals surface area (Å²) in [6.07, 6.45) is 0.947. The van der Waals surface area contributed by atoms with Crippen LogP contribution < -0.4 is 5.73 Å². The molecule has 0 aliphatic carbocycles. The minimum absolute atomic E-state index is 0.0223. The Morgan fingerprint density at radius 1 is 1.67 bits per heavy atom. The van der Waals surface area contributed by atoms with E-state index in [1.807, 2.05) is 4.90 Å². The Hall–Kier alpha value is -0.900. The number of carbonyl (C=O) groups excluding carboxylic acids is 1. The Morgan fingerprint density at radius 3 is 3.17 bits per heavy atom. The van der Waals surface area contributed by atoms with Crippen molar-refractivity contribution in [1.82, 2.24) is 4.90 Å². The number of aliphatic imine (C=N–C) groups is 1. The Balaban J connectivity index is 2.21. The highest BCUT2D eigenvalue weighted by atomic mass is 16.2. The second-order valence-corrected chi connectivity index (χ2v) is 3.64. The van der Waals surface area contributed by atoms with E-state index in [-0.39, 0.29) is 11.9 Å². The quantitative estimate of drug-likeness (QED) is 0.533. The molecule has 1 saturated heterocycles.